The molecule has 0 saturated carbocycles. The Balaban J connectivity index is 2.35. The quantitative estimate of drug-likeness (QED) is 0.898. The maximum atomic E-state index is 13.6. The molecular weight excluding hydrogens is 326 g/mol. The van der Waals surface area contributed by atoms with Gasteiger partial charge < -0.3 is 5.32 Å². The first-order valence-corrected chi connectivity index (χ1v) is 8.04. The Morgan fingerprint density at radius 1 is 1.09 bits per heavy atom. The fourth-order valence-electron chi connectivity index (χ4n) is 2.00. The zero-order valence-corrected chi connectivity index (χ0v) is 13.2. The maximum absolute atomic E-state index is 13.6. The second kappa shape index (κ2) is 6.33. The van der Waals surface area contributed by atoms with Crippen LogP contribution in [-0.4, -0.2) is 14.3 Å². The number of aryl methyl sites for hydroxylation is 1. The average molecular weight is 340 g/mol. The number of carbonyl (C=O) groups is 1. The van der Waals surface area contributed by atoms with Gasteiger partial charge in [-0.3, -0.25) is 9.52 Å². The van der Waals surface area contributed by atoms with E-state index in [4.69, 9.17) is 0 Å². The molecule has 0 saturated heterocycles. The predicted molar refractivity (Wildman–Crippen MR) is 82.6 cm³/mol. The molecule has 0 unspecified atom stereocenters. The topological polar surface area (TPSA) is 75.3 Å². The van der Waals surface area contributed by atoms with E-state index in [-0.39, 0.29) is 11.6 Å². The monoisotopic (exact) mass is 340 g/mol. The lowest BCUT2D eigenvalue weighted by Gasteiger charge is -2.12. The third-order valence-corrected chi connectivity index (χ3v) is 4.41. The highest BCUT2D eigenvalue weighted by Crippen LogP contribution is 2.24. The van der Waals surface area contributed by atoms with Crippen LogP contribution in [0.3, 0.4) is 0 Å². The SMILES string of the molecule is CC(=O)Nc1ccc(NS(=O)(=O)c2c(F)cccc2F)cc1C. The molecule has 122 valence electrons. The van der Waals surface area contributed by atoms with Crippen LogP contribution in [0.4, 0.5) is 20.2 Å². The van der Waals surface area contributed by atoms with Crippen molar-refractivity contribution in [3.05, 3.63) is 53.6 Å². The summed E-state index contributed by atoms with van der Waals surface area (Å²) in [5.41, 5.74) is 1.23. The molecule has 2 N–H and O–H groups in total. The maximum Gasteiger partial charge on any atom is 0.267 e. The lowest BCUT2D eigenvalue weighted by Crippen LogP contribution is -2.16. The van der Waals surface area contributed by atoms with E-state index in [1.54, 1.807) is 6.92 Å². The zero-order chi connectivity index (χ0) is 17.2. The summed E-state index contributed by atoms with van der Waals surface area (Å²) in [7, 11) is -4.41. The molecule has 0 fully saturated rings. The van der Waals surface area contributed by atoms with Crippen molar-refractivity contribution in [3.8, 4) is 0 Å². The zero-order valence-electron chi connectivity index (χ0n) is 12.4. The van der Waals surface area contributed by atoms with Gasteiger partial charge in [-0.25, -0.2) is 17.2 Å². The molecule has 0 spiro atoms. The third kappa shape index (κ3) is 3.84. The molecule has 5 nitrogen and oxygen atoms in total. The van der Waals surface area contributed by atoms with Gasteiger partial charge in [-0.2, -0.15) is 0 Å². The Labute approximate surface area is 132 Å². The normalized spacial score (nSPS) is 11.1. The predicted octanol–water partition coefficient (Wildman–Crippen LogP) is 3.03. The van der Waals surface area contributed by atoms with Crippen molar-refractivity contribution in [2.75, 3.05) is 10.0 Å². The standard InChI is InChI=1S/C15H14F2N2O3S/c1-9-8-11(6-7-14(9)18-10(2)20)19-23(21,22)15-12(16)4-3-5-13(15)17/h3-8,19H,1-2H3,(H,18,20). The molecule has 0 bridgehead atoms. The van der Waals surface area contributed by atoms with Crippen LogP contribution in [0.2, 0.25) is 0 Å². The van der Waals surface area contributed by atoms with Gasteiger partial charge in [-0.15, -0.1) is 0 Å². The first kappa shape index (κ1) is 16.9. The van der Waals surface area contributed by atoms with Crippen LogP contribution < -0.4 is 10.0 Å². The van der Waals surface area contributed by atoms with Crippen molar-refractivity contribution in [3.63, 3.8) is 0 Å². The molecule has 0 aliphatic heterocycles. The van der Waals surface area contributed by atoms with Gasteiger partial charge >= 0.3 is 0 Å². The van der Waals surface area contributed by atoms with Crippen LogP contribution >= 0.6 is 0 Å². The van der Waals surface area contributed by atoms with Gasteiger partial charge in [-0.05, 0) is 42.8 Å². The molecule has 0 heterocycles. The van der Waals surface area contributed by atoms with Gasteiger partial charge in [0.15, 0.2) is 4.90 Å². The third-order valence-electron chi connectivity index (χ3n) is 2.98. The molecular formula is C15H14F2N2O3S. The van der Waals surface area contributed by atoms with Crippen LogP contribution in [0, 0.1) is 18.6 Å². The summed E-state index contributed by atoms with van der Waals surface area (Å²) in [5, 5.41) is 2.58. The highest BCUT2D eigenvalue weighted by molar-refractivity contribution is 7.92. The summed E-state index contributed by atoms with van der Waals surface area (Å²) >= 11 is 0. The number of rotatable bonds is 4. The number of carbonyl (C=O) groups excluding carboxylic acids is 1. The Kier molecular flexibility index (Phi) is 4.65. The van der Waals surface area contributed by atoms with E-state index in [1.165, 1.54) is 25.1 Å². The number of benzene rings is 2. The van der Waals surface area contributed by atoms with Gasteiger partial charge in [0.25, 0.3) is 10.0 Å². The van der Waals surface area contributed by atoms with Crippen LogP contribution in [0.1, 0.15) is 12.5 Å². The van der Waals surface area contributed by atoms with Crippen LogP contribution in [0.15, 0.2) is 41.3 Å². The number of hydrogen-bond donors (Lipinski definition) is 2. The molecule has 0 atom stereocenters. The molecule has 0 aliphatic rings. The first-order chi connectivity index (χ1) is 10.7. The van der Waals surface area contributed by atoms with Crippen molar-refractivity contribution >= 4 is 27.3 Å². The van der Waals surface area contributed by atoms with Crippen molar-refractivity contribution in [2.45, 2.75) is 18.7 Å². The minimum atomic E-state index is -4.41. The Bertz CT molecular complexity index is 847. The summed E-state index contributed by atoms with van der Waals surface area (Å²) in [6, 6.07) is 7.13. The lowest BCUT2D eigenvalue weighted by molar-refractivity contribution is -0.114. The van der Waals surface area contributed by atoms with Crippen molar-refractivity contribution in [1.29, 1.82) is 0 Å². The summed E-state index contributed by atoms with van der Waals surface area (Å²) in [6.07, 6.45) is 0. The minimum Gasteiger partial charge on any atom is -0.326 e. The Hall–Kier alpha value is -2.48. The molecule has 2 aromatic rings. The molecule has 8 heteroatoms. The fraction of sp³-hybridized carbons (Fsp3) is 0.133. The van der Waals surface area contributed by atoms with Gasteiger partial charge in [0.05, 0.1) is 0 Å². The van der Waals surface area contributed by atoms with E-state index < -0.39 is 26.6 Å². The van der Waals surface area contributed by atoms with E-state index in [0.29, 0.717) is 11.3 Å². The van der Waals surface area contributed by atoms with E-state index in [0.717, 1.165) is 18.2 Å². The number of amides is 1. The summed E-state index contributed by atoms with van der Waals surface area (Å²) in [6.45, 7) is 3.00. The molecule has 23 heavy (non-hydrogen) atoms. The molecule has 2 rings (SSSR count). The van der Waals surface area contributed by atoms with E-state index in [9.17, 15) is 22.0 Å². The van der Waals surface area contributed by atoms with Gasteiger partial charge in [0.2, 0.25) is 5.91 Å². The summed E-state index contributed by atoms with van der Waals surface area (Å²) in [4.78, 5) is 9.99. The fourth-order valence-corrected chi connectivity index (χ4v) is 3.19. The average Bonchev–Trinajstić information content (AvgIpc) is 2.40. The lowest BCUT2D eigenvalue weighted by atomic mass is 10.2. The van der Waals surface area contributed by atoms with Gasteiger partial charge in [0, 0.05) is 18.3 Å². The first-order valence-electron chi connectivity index (χ1n) is 6.56. The molecule has 2 aromatic carbocycles. The number of anilines is 2. The van der Waals surface area contributed by atoms with Crippen LogP contribution in [-0.2, 0) is 14.8 Å². The largest absolute Gasteiger partial charge is 0.326 e. The van der Waals surface area contributed by atoms with Crippen molar-refractivity contribution < 1.29 is 22.0 Å². The summed E-state index contributed by atoms with van der Waals surface area (Å²) < 4.78 is 53.7. The number of halogens is 2. The number of nitrogens with one attached hydrogen (secondary N) is 2. The number of sulfonamides is 1. The van der Waals surface area contributed by atoms with E-state index in [1.807, 2.05) is 0 Å². The molecule has 0 aliphatic carbocycles. The van der Waals surface area contributed by atoms with Gasteiger partial charge in [0.1, 0.15) is 11.6 Å². The van der Waals surface area contributed by atoms with Crippen molar-refractivity contribution in [1.82, 2.24) is 0 Å². The Morgan fingerprint density at radius 2 is 1.70 bits per heavy atom. The smallest absolute Gasteiger partial charge is 0.267 e. The van der Waals surface area contributed by atoms with Crippen molar-refractivity contribution in [2.24, 2.45) is 0 Å². The summed E-state index contributed by atoms with van der Waals surface area (Å²) in [5.74, 6) is -2.62. The number of hydrogen-bond acceptors (Lipinski definition) is 3. The molecule has 0 radical (unpaired) electrons. The van der Waals surface area contributed by atoms with Crippen LogP contribution in [0.25, 0.3) is 0 Å². The van der Waals surface area contributed by atoms with E-state index >= 15 is 0 Å². The minimum absolute atomic E-state index is 0.124. The van der Waals surface area contributed by atoms with E-state index in [2.05, 4.69) is 10.0 Å². The second-order valence-electron chi connectivity index (χ2n) is 4.87. The highest BCUT2D eigenvalue weighted by Gasteiger charge is 2.24. The second-order valence-corrected chi connectivity index (χ2v) is 6.49. The Morgan fingerprint density at radius 3 is 2.22 bits per heavy atom. The van der Waals surface area contributed by atoms with Gasteiger partial charge in [-0.1, -0.05) is 6.07 Å². The highest BCUT2D eigenvalue weighted by atomic mass is 32.2. The van der Waals surface area contributed by atoms with Crippen LogP contribution in [0.5, 0.6) is 0 Å². The molecule has 0 aromatic heterocycles. The molecule has 1 amide bonds.